The minimum Gasteiger partial charge on any atom is -0.344 e. The van der Waals surface area contributed by atoms with E-state index in [2.05, 4.69) is 43.4 Å². The molecule has 0 saturated carbocycles. The predicted molar refractivity (Wildman–Crippen MR) is 119 cm³/mol. The molecule has 0 bridgehead atoms. The Morgan fingerprint density at radius 3 is 2.54 bits per heavy atom. The van der Waals surface area contributed by atoms with Crippen molar-refractivity contribution in [2.24, 2.45) is 0 Å². The molecule has 152 valence electrons. The lowest BCUT2D eigenvalue weighted by atomic mass is 9.95. The van der Waals surface area contributed by atoms with E-state index in [0.29, 0.717) is 12.3 Å². The molecule has 1 aromatic carbocycles. The fourth-order valence-corrected chi connectivity index (χ4v) is 7.57. The molecule has 28 heavy (non-hydrogen) atoms. The molecule has 3 rings (SSSR count). The molecule has 1 aliphatic heterocycles. The maximum atomic E-state index is 12.6. The van der Waals surface area contributed by atoms with Gasteiger partial charge in [-0.2, -0.15) is 0 Å². The molecular weight excluding hydrogens is 410 g/mol. The number of nitrogens with one attached hydrogen (secondary N) is 1. The molecule has 0 aliphatic carbocycles. The van der Waals surface area contributed by atoms with Crippen LogP contribution in [0.5, 0.6) is 0 Å². The second kappa shape index (κ2) is 9.46. The van der Waals surface area contributed by atoms with Gasteiger partial charge >= 0.3 is 0 Å². The number of carbonyl (C=O) groups is 1. The van der Waals surface area contributed by atoms with Crippen LogP contribution in [0.15, 0.2) is 41.8 Å². The van der Waals surface area contributed by atoms with Crippen LogP contribution in [0.2, 0.25) is 0 Å². The third-order valence-corrected chi connectivity index (χ3v) is 9.44. The zero-order chi connectivity index (χ0) is 20.1. The second-order valence-corrected chi connectivity index (χ2v) is 11.8. The number of thiophene rings is 1. The third-order valence-electron chi connectivity index (χ3n) is 5.23. The Balaban J connectivity index is 1.66. The fraction of sp³-hybridized carbons (Fsp3) is 0.476. The number of thioether (sulfide) groups is 1. The number of benzene rings is 1. The molecule has 1 aliphatic rings. The van der Waals surface area contributed by atoms with Crippen LogP contribution in [0.25, 0.3) is 0 Å². The van der Waals surface area contributed by atoms with E-state index in [4.69, 9.17) is 0 Å². The molecule has 1 saturated heterocycles. The second-order valence-electron chi connectivity index (χ2n) is 7.33. The Morgan fingerprint density at radius 1 is 1.25 bits per heavy atom. The molecule has 1 fully saturated rings. The van der Waals surface area contributed by atoms with E-state index in [1.165, 1.54) is 17.3 Å². The first-order valence-corrected chi connectivity index (χ1v) is 13.4. The molecule has 3 unspecified atom stereocenters. The number of carbonyl (C=O) groups excluding carboxylic acids is 1. The number of sulfone groups is 1. The summed E-state index contributed by atoms with van der Waals surface area (Å²) in [6.45, 7) is 4.40. The Bertz CT molecular complexity index is 876. The average molecular weight is 438 g/mol. The smallest absolute Gasteiger partial charge is 0.230 e. The molecule has 2 heterocycles. The van der Waals surface area contributed by atoms with Gasteiger partial charge < -0.3 is 5.32 Å². The van der Waals surface area contributed by atoms with Crippen LogP contribution in [0.4, 0.5) is 0 Å². The van der Waals surface area contributed by atoms with Gasteiger partial charge in [0.2, 0.25) is 5.91 Å². The number of rotatable bonds is 8. The van der Waals surface area contributed by atoms with Crippen LogP contribution in [-0.2, 0) is 14.6 Å². The first-order chi connectivity index (χ1) is 13.4. The molecule has 4 nitrogen and oxygen atoms in total. The van der Waals surface area contributed by atoms with Gasteiger partial charge in [-0.15, -0.1) is 23.1 Å². The highest BCUT2D eigenvalue weighted by atomic mass is 32.2. The van der Waals surface area contributed by atoms with Crippen LogP contribution in [0.3, 0.4) is 0 Å². The summed E-state index contributed by atoms with van der Waals surface area (Å²) >= 11 is 3.08. The summed E-state index contributed by atoms with van der Waals surface area (Å²) in [5.41, 5.74) is 2.37. The molecular formula is C21H27NO3S3. The van der Waals surface area contributed by atoms with Crippen molar-refractivity contribution in [3.05, 3.63) is 57.8 Å². The standard InChI is InChI=1S/C21H27NO3S3/c1-3-15(2)16-6-8-17(9-7-16)21(19-5-4-11-26-19)22-20(23)13-27-18-10-12-28(24,25)14-18/h4-9,11,15,18,21H,3,10,12-14H2,1-2H3,(H,22,23). The lowest BCUT2D eigenvalue weighted by Gasteiger charge is -2.19. The van der Waals surface area contributed by atoms with Gasteiger partial charge in [-0.05, 0) is 41.3 Å². The molecule has 1 N–H and O–H groups in total. The molecule has 0 spiro atoms. The average Bonchev–Trinajstić information content (AvgIpc) is 3.33. The first kappa shape index (κ1) is 21.4. The highest BCUT2D eigenvalue weighted by molar-refractivity contribution is 8.02. The monoisotopic (exact) mass is 437 g/mol. The summed E-state index contributed by atoms with van der Waals surface area (Å²) in [5.74, 6) is 1.18. The lowest BCUT2D eigenvalue weighted by Crippen LogP contribution is -2.31. The van der Waals surface area contributed by atoms with Crippen molar-refractivity contribution >= 4 is 38.8 Å². The van der Waals surface area contributed by atoms with E-state index in [1.807, 2.05) is 17.5 Å². The fourth-order valence-electron chi connectivity index (χ4n) is 3.32. The summed E-state index contributed by atoms with van der Waals surface area (Å²) < 4.78 is 23.2. The maximum Gasteiger partial charge on any atom is 0.230 e. The van der Waals surface area contributed by atoms with Crippen molar-refractivity contribution < 1.29 is 13.2 Å². The zero-order valence-electron chi connectivity index (χ0n) is 16.3. The summed E-state index contributed by atoms with van der Waals surface area (Å²) in [6.07, 6.45) is 1.74. The summed E-state index contributed by atoms with van der Waals surface area (Å²) in [5, 5.41) is 5.19. The Kier molecular flexibility index (Phi) is 7.23. The van der Waals surface area contributed by atoms with Crippen LogP contribution in [0, 0.1) is 0 Å². The van der Waals surface area contributed by atoms with Gasteiger partial charge in [-0.3, -0.25) is 4.79 Å². The highest BCUT2D eigenvalue weighted by Crippen LogP contribution is 2.29. The minimum absolute atomic E-state index is 0.0331. The highest BCUT2D eigenvalue weighted by Gasteiger charge is 2.29. The van der Waals surface area contributed by atoms with Crippen molar-refractivity contribution in [3.8, 4) is 0 Å². The predicted octanol–water partition coefficient (Wildman–Crippen LogP) is 4.39. The maximum absolute atomic E-state index is 12.6. The molecule has 1 amide bonds. The van der Waals surface area contributed by atoms with Crippen molar-refractivity contribution in [1.82, 2.24) is 5.32 Å². The van der Waals surface area contributed by atoms with Crippen LogP contribution in [0.1, 0.15) is 54.7 Å². The van der Waals surface area contributed by atoms with Crippen molar-refractivity contribution in [3.63, 3.8) is 0 Å². The number of amides is 1. The van der Waals surface area contributed by atoms with Gasteiger partial charge in [0, 0.05) is 10.1 Å². The van der Waals surface area contributed by atoms with E-state index < -0.39 is 9.84 Å². The molecule has 7 heteroatoms. The zero-order valence-corrected chi connectivity index (χ0v) is 18.7. The van der Waals surface area contributed by atoms with Crippen LogP contribution < -0.4 is 5.32 Å². The summed E-state index contributed by atoms with van der Waals surface area (Å²) in [7, 11) is -2.91. The van der Waals surface area contributed by atoms with Crippen LogP contribution in [-0.4, -0.2) is 36.8 Å². The van der Waals surface area contributed by atoms with Crippen molar-refractivity contribution in [2.45, 2.75) is 43.9 Å². The van der Waals surface area contributed by atoms with Gasteiger partial charge in [0.25, 0.3) is 0 Å². The van der Waals surface area contributed by atoms with Gasteiger partial charge in [0.1, 0.15) is 0 Å². The molecule has 1 aromatic heterocycles. The SMILES string of the molecule is CCC(C)c1ccc(C(NC(=O)CSC2CCS(=O)(=O)C2)c2cccs2)cc1. The molecule has 0 radical (unpaired) electrons. The van der Waals surface area contributed by atoms with Crippen molar-refractivity contribution in [2.75, 3.05) is 17.3 Å². The van der Waals surface area contributed by atoms with E-state index in [9.17, 15) is 13.2 Å². The topological polar surface area (TPSA) is 63.2 Å². The van der Waals surface area contributed by atoms with Gasteiger partial charge in [-0.25, -0.2) is 8.42 Å². The van der Waals surface area contributed by atoms with E-state index in [-0.39, 0.29) is 34.5 Å². The largest absolute Gasteiger partial charge is 0.344 e. The quantitative estimate of drug-likeness (QED) is 0.665. The van der Waals surface area contributed by atoms with Crippen LogP contribution >= 0.6 is 23.1 Å². The summed E-state index contributed by atoms with van der Waals surface area (Å²) in [4.78, 5) is 13.7. The van der Waals surface area contributed by atoms with E-state index in [0.717, 1.165) is 16.9 Å². The van der Waals surface area contributed by atoms with E-state index >= 15 is 0 Å². The molecule has 3 atom stereocenters. The Labute approximate surface area is 176 Å². The van der Waals surface area contributed by atoms with Crippen molar-refractivity contribution in [1.29, 1.82) is 0 Å². The number of hydrogen-bond donors (Lipinski definition) is 1. The third kappa shape index (κ3) is 5.61. The number of hydrogen-bond acceptors (Lipinski definition) is 5. The van der Waals surface area contributed by atoms with E-state index in [1.54, 1.807) is 11.3 Å². The van der Waals surface area contributed by atoms with Gasteiger partial charge in [0.15, 0.2) is 9.84 Å². The first-order valence-electron chi connectivity index (χ1n) is 9.62. The summed E-state index contributed by atoms with van der Waals surface area (Å²) in [6, 6.07) is 12.3. The lowest BCUT2D eigenvalue weighted by molar-refractivity contribution is -0.119. The van der Waals surface area contributed by atoms with Gasteiger partial charge in [0.05, 0.1) is 23.3 Å². The normalized spacial score (nSPS) is 20.6. The Morgan fingerprint density at radius 2 is 1.96 bits per heavy atom. The Hall–Kier alpha value is -1.31. The minimum atomic E-state index is -2.91. The van der Waals surface area contributed by atoms with Gasteiger partial charge in [-0.1, -0.05) is 44.2 Å². The molecule has 2 aromatic rings.